The standard InChI is InChI=1S/C25H24N4O5/c1-32-20-10-8-18(13-19(20)16-6-4-5-15(11-16)14-30)26-28-24-23(27-29-25(24)31)17-7-9-21(33-2)22(12-17)34-3/h4-13,30H,14H2,1-3H3,(H2,27,29,31). The second kappa shape index (κ2) is 10.1. The maximum Gasteiger partial charge on any atom is 0.292 e. The molecule has 1 aromatic heterocycles. The van der Waals surface area contributed by atoms with Gasteiger partial charge in [-0.15, -0.1) is 5.11 Å². The van der Waals surface area contributed by atoms with Gasteiger partial charge in [0, 0.05) is 11.1 Å². The first-order valence-electron chi connectivity index (χ1n) is 10.4. The Labute approximate surface area is 195 Å². The van der Waals surface area contributed by atoms with Crippen LogP contribution in [0.25, 0.3) is 22.4 Å². The van der Waals surface area contributed by atoms with Gasteiger partial charge in [0.15, 0.2) is 17.2 Å². The van der Waals surface area contributed by atoms with Crippen LogP contribution in [0.3, 0.4) is 0 Å². The minimum absolute atomic E-state index is 0.0647. The molecule has 174 valence electrons. The summed E-state index contributed by atoms with van der Waals surface area (Å²) in [4.78, 5) is 12.4. The van der Waals surface area contributed by atoms with Crippen molar-refractivity contribution in [2.45, 2.75) is 6.61 Å². The van der Waals surface area contributed by atoms with Crippen molar-refractivity contribution in [1.82, 2.24) is 10.2 Å². The third-order valence-electron chi connectivity index (χ3n) is 5.29. The van der Waals surface area contributed by atoms with Gasteiger partial charge < -0.3 is 19.3 Å². The molecule has 9 nitrogen and oxygen atoms in total. The number of aromatic amines is 2. The van der Waals surface area contributed by atoms with Crippen LogP contribution in [0.5, 0.6) is 17.2 Å². The molecule has 0 saturated heterocycles. The molecule has 0 spiro atoms. The highest BCUT2D eigenvalue weighted by Gasteiger charge is 2.15. The van der Waals surface area contributed by atoms with Crippen molar-refractivity contribution >= 4 is 11.4 Å². The molecule has 9 heteroatoms. The molecular formula is C25H24N4O5. The molecule has 1 heterocycles. The van der Waals surface area contributed by atoms with E-state index in [1.165, 1.54) is 0 Å². The van der Waals surface area contributed by atoms with Crippen LogP contribution in [0.4, 0.5) is 11.4 Å². The summed E-state index contributed by atoms with van der Waals surface area (Å²) in [5, 5.41) is 23.4. The number of H-pyrrole nitrogens is 2. The third kappa shape index (κ3) is 4.55. The Morgan fingerprint density at radius 2 is 1.56 bits per heavy atom. The zero-order valence-electron chi connectivity index (χ0n) is 19.0. The van der Waals surface area contributed by atoms with Gasteiger partial charge in [0.2, 0.25) is 0 Å². The van der Waals surface area contributed by atoms with Crippen LogP contribution >= 0.6 is 0 Å². The van der Waals surface area contributed by atoms with Crippen molar-refractivity contribution in [2.24, 2.45) is 10.2 Å². The van der Waals surface area contributed by atoms with Crippen molar-refractivity contribution in [3.63, 3.8) is 0 Å². The number of hydrogen-bond donors (Lipinski definition) is 3. The molecule has 0 fully saturated rings. The number of benzene rings is 3. The number of aromatic nitrogens is 2. The van der Waals surface area contributed by atoms with E-state index in [1.54, 1.807) is 51.7 Å². The molecule has 0 aliphatic rings. The van der Waals surface area contributed by atoms with Crippen molar-refractivity contribution in [3.05, 3.63) is 76.6 Å². The van der Waals surface area contributed by atoms with Gasteiger partial charge in [-0.25, -0.2) is 0 Å². The topological polar surface area (TPSA) is 121 Å². The minimum atomic E-state index is -0.405. The van der Waals surface area contributed by atoms with Crippen LogP contribution < -0.4 is 19.8 Å². The second-order valence-corrected chi connectivity index (χ2v) is 7.32. The predicted octanol–water partition coefficient (Wildman–Crippen LogP) is 4.97. The van der Waals surface area contributed by atoms with E-state index < -0.39 is 5.56 Å². The summed E-state index contributed by atoms with van der Waals surface area (Å²) in [6.07, 6.45) is 0. The van der Waals surface area contributed by atoms with E-state index in [1.807, 2.05) is 30.3 Å². The smallest absolute Gasteiger partial charge is 0.292 e. The number of azo groups is 1. The molecule has 0 bridgehead atoms. The van der Waals surface area contributed by atoms with Crippen LogP contribution in [0.2, 0.25) is 0 Å². The van der Waals surface area contributed by atoms with Crippen molar-refractivity contribution in [3.8, 4) is 39.6 Å². The molecule has 0 saturated carbocycles. The largest absolute Gasteiger partial charge is 0.496 e. The van der Waals surface area contributed by atoms with Gasteiger partial charge >= 0.3 is 0 Å². The van der Waals surface area contributed by atoms with Crippen molar-refractivity contribution in [2.75, 3.05) is 21.3 Å². The lowest BCUT2D eigenvalue weighted by atomic mass is 10.0. The molecule has 4 aromatic rings. The molecule has 0 atom stereocenters. The fraction of sp³-hybridized carbons (Fsp3) is 0.160. The lowest BCUT2D eigenvalue weighted by Gasteiger charge is -2.10. The van der Waals surface area contributed by atoms with Gasteiger partial charge in [-0.05, 0) is 53.6 Å². The molecular weight excluding hydrogens is 436 g/mol. The number of nitrogens with one attached hydrogen (secondary N) is 2. The number of hydrogen-bond acceptors (Lipinski definition) is 7. The van der Waals surface area contributed by atoms with Crippen LogP contribution in [0.15, 0.2) is 75.7 Å². The van der Waals surface area contributed by atoms with E-state index in [2.05, 4.69) is 20.4 Å². The summed E-state index contributed by atoms with van der Waals surface area (Å²) < 4.78 is 16.1. The molecule has 4 rings (SSSR count). The fourth-order valence-corrected chi connectivity index (χ4v) is 3.58. The van der Waals surface area contributed by atoms with E-state index in [0.717, 1.165) is 16.7 Å². The maximum atomic E-state index is 12.4. The lowest BCUT2D eigenvalue weighted by Crippen LogP contribution is -1.96. The molecule has 3 aromatic carbocycles. The summed E-state index contributed by atoms with van der Waals surface area (Å²) in [5.74, 6) is 1.75. The molecule has 3 N–H and O–H groups in total. The number of ether oxygens (including phenoxy) is 3. The number of rotatable bonds is 8. The maximum absolute atomic E-state index is 12.4. The molecule has 0 amide bonds. The first kappa shape index (κ1) is 22.8. The van der Waals surface area contributed by atoms with E-state index >= 15 is 0 Å². The average Bonchev–Trinajstić information content (AvgIpc) is 3.26. The van der Waals surface area contributed by atoms with Crippen molar-refractivity contribution < 1.29 is 19.3 Å². The highest BCUT2D eigenvalue weighted by molar-refractivity contribution is 5.75. The van der Waals surface area contributed by atoms with Gasteiger partial charge in [0.05, 0.1) is 39.3 Å². The molecule has 0 aliphatic heterocycles. The van der Waals surface area contributed by atoms with Crippen LogP contribution in [0.1, 0.15) is 5.56 Å². The summed E-state index contributed by atoms with van der Waals surface area (Å²) in [5.41, 5.74) is 3.85. The van der Waals surface area contributed by atoms with Gasteiger partial charge in [0.1, 0.15) is 5.75 Å². The Bertz CT molecular complexity index is 1390. The van der Waals surface area contributed by atoms with Gasteiger partial charge in [-0.2, -0.15) is 5.11 Å². The number of nitrogens with zero attached hydrogens (tertiary/aromatic N) is 2. The normalized spacial score (nSPS) is 11.1. The summed E-state index contributed by atoms with van der Waals surface area (Å²) in [6.45, 7) is -0.0647. The monoisotopic (exact) mass is 460 g/mol. The first-order valence-corrected chi connectivity index (χ1v) is 10.4. The Kier molecular flexibility index (Phi) is 6.74. The minimum Gasteiger partial charge on any atom is -0.496 e. The second-order valence-electron chi connectivity index (χ2n) is 7.32. The fourth-order valence-electron chi connectivity index (χ4n) is 3.58. The molecule has 34 heavy (non-hydrogen) atoms. The number of methoxy groups -OCH3 is 3. The van der Waals surface area contributed by atoms with Gasteiger partial charge in [-0.1, -0.05) is 18.2 Å². The predicted molar refractivity (Wildman–Crippen MR) is 128 cm³/mol. The van der Waals surface area contributed by atoms with Crippen LogP contribution in [-0.2, 0) is 6.61 Å². The first-order chi connectivity index (χ1) is 16.6. The average molecular weight is 460 g/mol. The Morgan fingerprint density at radius 3 is 2.29 bits per heavy atom. The highest BCUT2D eigenvalue weighted by Crippen LogP contribution is 2.36. The molecule has 0 aliphatic carbocycles. The van der Waals surface area contributed by atoms with E-state index in [9.17, 15) is 9.90 Å². The highest BCUT2D eigenvalue weighted by atomic mass is 16.5. The number of aliphatic hydroxyl groups is 1. The Morgan fingerprint density at radius 1 is 0.794 bits per heavy atom. The molecule has 0 radical (unpaired) electrons. The summed E-state index contributed by atoms with van der Waals surface area (Å²) >= 11 is 0. The van der Waals surface area contributed by atoms with Crippen LogP contribution in [0, 0.1) is 0 Å². The zero-order chi connectivity index (χ0) is 24.1. The van der Waals surface area contributed by atoms with Crippen molar-refractivity contribution in [1.29, 1.82) is 0 Å². The Hall–Kier alpha value is -4.37. The van der Waals surface area contributed by atoms with Gasteiger partial charge in [0.25, 0.3) is 5.56 Å². The summed E-state index contributed by atoms with van der Waals surface area (Å²) in [7, 11) is 4.68. The molecule has 0 unspecified atom stereocenters. The van der Waals surface area contributed by atoms with Gasteiger partial charge in [-0.3, -0.25) is 15.0 Å². The van der Waals surface area contributed by atoms with E-state index in [0.29, 0.717) is 34.2 Å². The lowest BCUT2D eigenvalue weighted by molar-refractivity contribution is 0.282. The van der Waals surface area contributed by atoms with E-state index in [-0.39, 0.29) is 12.3 Å². The SMILES string of the molecule is COc1ccc(-c2[nH][nH]c(=O)c2N=Nc2ccc(OC)c(-c3cccc(CO)c3)c2)cc1OC. The quantitative estimate of drug-likeness (QED) is 0.321. The number of aliphatic hydroxyl groups excluding tert-OH is 1. The Balaban J connectivity index is 1.72. The third-order valence-corrected chi connectivity index (χ3v) is 5.29. The summed E-state index contributed by atoms with van der Waals surface area (Å²) in [6, 6.07) is 18.1. The van der Waals surface area contributed by atoms with E-state index in [4.69, 9.17) is 14.2 Å². The van der Waals surface area contributed by atoms with Crippen LogP contribution in [-0.4, -0.2) is 36.6 Å². The zero-order valence-corrected chi connectivity index (χ0v) is 19.0.